The fourth-order valence-corrected chi connectivity index (χ4v) is 4.34. The van der Waals surface area contributed by atoms with Crippen molar-refractivity contribution in [1.82, 2.24) is 14.4 Å². The van der Waals surface area contributed by atoms with Crippen molar-refractivity contribution >= 4 is 21.5 Å². The van der Waals surface area contributed by atoms with Crippen molar-refractivity contribution in [3.05, 3.63) is 78.0 Å². The first-order valence-electron chi connectivity index (χ1n) is 10.2. The van der Waals surface area contributed by atoms with E-state index in [4.69, 9.17) is 0 Å². The molecule has 0 radical (unpaired) electrons. The molecule has 3 rings (SSSR count). The van der Waals surface area contributed by atoms with Crippen LogP contribution >= 0.6 is 0 Å². The molecule has 0 saturated carbocycles. The number of benzene rings is 2. The van der Waals surface area contributed by atoms with Gasteiger partial charge in [0.1, 0.15) is 5.69 Å². The van der Waals surface area contributed by atoms with Crippen LogP contribution in [0.1, 0.15) is 49.4 Å². The molecule has 0 bridgehead atoms. The zero-order chi connectivity index (χ0) is 21.6. The van der Waals surface area contributed by atoms with Gasteiger partial charge in [0.05, 0.1) is 4.90 Å². The topological polar surface area (TPSA) is 76.9 Å². The highest BCUT2D eigenvalue weighted by molar-refractivity contribution is 7.90. The fraction of sp³-hybridized carbons (Fsp3) is 0.304. The average Bonchev–Trinajstić information content (AvgIpc) is 3.15. The van der Waals surface area contributed by atoms with Crippen LogP contribution in [0, 0.1) is 6.92 Å². The van der Waals surface area contributed by atoms with Crippen molar-refractivity contribution < 1.29 is 8.42 Å². The summed E-state index contributed by atoms with van der Waals surface area (Å²) >= 11 is 0. The number of aromatic nitrogens is 3. The first-order valence-corrected chi connectivity index (χ1v) is 11.7. The molecule has 1 heterocycles. The van der Waals surface area contributed by atoms with Crippen LogP contribution in [0.5, 0.6) is 0 Å². The van der Waals surface area contributed by atoms with E-state index in [0.717, 1.165) is 40.9 Å². The van der Waals surface area contributed by atoms with Gasteiger partial charge in [0.2, 0.25) is 0 Å². The average molecular weight is 425 g/mol. The molecular weight excluding hydrogens is 396 g/mol. The van der Waals surface area contributed by atoms with Gasteiger partial charge in [-0.05, 0) is 42.7 Å². The Hall–Kier alpha value is -2.93. The smallest absolute Gasteiger partial charge is 0.286 e. The molecule has 2 aromatic carbocycles. The van der Waals surface area contributed by atoms with E-state index < -0.39 is 10.0 Å². The van der Waals surface area contributed by atoms with E-state index in [1.165, 1.54) is 0 Å². The molecule has 0 atom stereocenters. The van der Waals surface area contributed by atoms with Gasteiger partial charge in [0, 0.05) is 5.70 Å². The van der Waals surface area contributed by atoms with Crippen molar-refractivity contribution in [2.75, 3.05) is 5.32 Å². The van der Waals surface area contributed by atoms with E-state index in [-0.39, 0.29) is 4.90 Å². The Labute approximate surface area is 178 Å². The number of nitrogens with zero attached hydrogens (tertiary/aromatic N) is 3. The van der Waals surface area contributed by atoms with Gasteiger partial charge in [-0.25, -0.2) is 0 Å². The van der Waals surface area contributed by atoms with Crippen molar-refractivity contribution in [2.45, 2.75) is 50.8 Å². The lowest BCUT2D eigenvalue weighted by Crippen LogP contribution is -2.18. The van der Waals surface area contributed by atoms with Crippen LogP contribution in [0.15, 0.2) is 66.1 Å². The first kappa shape index (κ1) is 21.8. The maximum Gasteiger partial charge on any atom is 0.286 e. The first-order chi connectivity index (χ1) is 14.4. The molecular formula is C23H28N4O2S. The molecule has 6 nitrogen and oxygen atoms in total. The summed E-state index contributed by atoms with van der Waals surface area (Å²) in [6.45, 7) is 8.15. The molecule has 0 unspecified atom stereocenters. The number of aryl methyl sites for hydroxylation is 2. The fourth-order valence-electron chi connectivity index (χ4n) is 3.14. The molecule has 1 aromatic heterocycles. The Morgan fingerprint density at radius 1 is 1.03 bits per heavy atom. The lowest BCUT2D eigenvalue weighted by atomic mass is 10.1. The van der Waals surface area contributed by atoms with Crippen LogP contribution in [0.2, 0.25) is 0 Å². The molecule has 0 saturated heterocycles. The molecule has 0 amide bonds. The molecule has 0 aliphatic rings. The van der Waals surface area contributed by atoms with Gasteiger partial charge in [-0.2, -0.15) is 8.42 Å². The maximum atomic E-state index is 13.3. The molecule has 0 aliphatic carbocycles. The van der Waals surface area contributed by atoms with Crippen LogP contribution in [-0.4, -0.2) is 22.8 Å². The summed E-state index contributed by atoms with van der Waals surface area (Å²) in [5, 5.41) is 11.4. The van der Waals surface area contributed by atoms with Gasteiger partial charge in [0.15, 0.2) is 5.82 Å². The number of hydrogen-bond acceptors (Lipinski definition) is 5. The minimum absolute atomic E-state index is 0.170. The third-order valence-corrected chi connectivity index (χ3v) is 6.50. The number of unbranched alkanes of at least 4 members (excludes halogenated alkanes) is 3. The highest BCUT2D eigenvalue weighted by Crippen LogP contribution is 2.25. The van der Waals surface area contributed by atoms with Crippen LogP contribution in [0.4, 0.5) is 5.82 Å². The van der Waals surface area contributed by atoms with E-state index >= 15 is 0 Å². The lowest BCUT2D eigenvalue weighted by Gasteiger charge is -2.13. The van der Waals surface area contributed by atoms with Gasteiger partial charge >= 0.3 is 0 Å². The molecule has 1 N–H and O–H groups in total. The number of hydrogen-bond donors (Lipinski definition) is 1. The zero-order valence-corrected chi connectivity index (χ0v) is 18.3. The predicted molar refractivity (Wildman–Crippen MR) is 121 cm³/mol. The number of rotatable bonds is 10. The van der Waals surface area contributed by atoms with Gasteiger partial charge in [-0.1, -0.05) is 80.8 Å². The number of nitrogens with one attached hydrogen (secondary N) is 1. The SMILES string of the molecule is C=C(Nc1c(CCCCCC)nnn1S(=O)(=O)c1ccc(C)cc1)c1ccccc1. The summed E-state index contributed by atoms with van der Waals surface area (Å²) in [6.07, 6.45) is 4.89. The Bertz CT molecular complexity index is 1090. The van der Waals surface area contributed by atoms with Crippen molar-refractivity contribution in [3.8, 4) is 0 Å². The molecule has 0 aliphatic heterocycles. The Kier molecular flexibility index (Phi) is 7.05. The van der Waals surface area contributed by atoms with Gasteiger partial charge in [-0.15, -0.1) is 9.19 Å². The molecule has 0 spiro atoms. The summed E-state index contributed by atoms with van der Waals surface area (Å²) in [7, 11) is -3.89. The van der Waals surface area contributed by atoms with Crippen molar-refractivity contribution in [3.63, 3.8) is 0 Å². The van der Waals surface area contributed by atoms with E-state index in [1.807, 2.05) is 37.3 Å². The second kappa shape index (κ2) is 9.71. The highest BCUT2D eigenvalue weighted by atomic mass is 32.2. The summed E-state index contributed by atoms with van der Waals surface area (Å²) < 4.78 is 27.5. The normalized spacial score (nSPS) is 11.4. The highest BCUT2D eigenvalue weighted by Gasteiger charge is 2.25. The van der Waals surface area contributed by atoms with Crippen LogP contribution in [0.25, 0.3) is 5.70 Å². The summed E-state index contributed by atoms with van der Waals surface area (Å²) in [4.78, 5) is 0.170. The largest absolute Gasteiger partial charge is 0.338 e. The van der Waals surface area contributed by atoms with Crippen molar-refractivity contribution in [1.29, 1.82) is 0 Å². The molecule has 7 heteroatoms. The van der Waals surface area contributed by atoms with E-state index in [9.17, 15) is 8.42 Å². The second-order valence-electron chi connectivity index (χ2n) is 7.33. The summed E-state index contributed by atoms with van der Waals surface area (Å²) in [6, 6.07) is 16.3. The van der Waals surface area contributed by atoms with E-state index in [2.05, 4.69) is 29.1 Å². The monoisotopic (exact) mass is 424 g/mol. The van der Waals surface area contributed by atoms with Crippen molar-refractivity contribution in [2.24, 2.45) is 0 Å². The van der Waals surface area contributed by atoms with E-state index in [0.29, 0.717) is 23.6 Å². The third-order valence-electron chi connectivity index (χ3n) is 4.92. The Morgan fingerprint density at radius 3 is 2.40 bits per heavy atom. The standard InChI is InChI=1S/C23H28N4O2S/c1-4-5-6-10-13-22-23(24-19(3)20-11-8-7-9-12-20)27(26-25-22)30(28,29)21-16-14-18(2)15-17-21/h7-9,11-12,14-17,24H,3-6,10,13H2,1-2H3. The Morgan fingerprint density at radius 2 is 1.73 bits per heavy atom. The van der Waals surface area contributed by atoms with Crippen LogP contribution < -0.4 is 5.32 Å². The molecule has 158 valence electrons. The lowest BCUT2D eigenvalue weighted by molar-refractivity contribution is 0.578. The summed E-state index contributed by atoms with van der Waals surface area (Å²) in [5.74, 6) is 0.348. The minimum atomic E-state index is -3.89. The number of anilines is 1. The minimum Gasteiger partial charge on any atom is -0.338 e. The van der Waals surface area contributed by atoms with Gasteiger partial charge < -0.3 is 5.32 Å². The van der Waals surface area contributed by atoms with Crippen LogP contribution in [0.3, 0.4) is 0 Å². The van der Waals surface area contributed by atoms with Crippen LogP contribution in [-0.2, 0) is 16.4 Å². The second-order valence-corrected chi connectivity index (χ2v) is 9.09. The third kappa shape index (κ3) is 4.97. The molecule has 30 heavy (non-hydrogen) atoms. The predicted octanol–water partition coefficient (Wildman–Crippen LogP) is 5.03. The molecule has 3 aromatic rings. The van der Waals surface area contributed by atoms with Gasteiger partial charge in [0.25, 0.3) is 10.0 Å². The van der Waals surface area contributed by atoms with E-state index in [1.54, 1.807) is 24.3 Å². The Balaban J connectivity index is 1.96. The van der Waals surface area contributed by atoms with Gasteiger partial charge in [-0.3, -0.25) is 0 Å². The quantitative estimate of drug-likeness (QED) is 0.462. The maximum absolute atomic E-state index is 13.3. The summed E-state index contributed by atoms with van der Waals surface area (Å²) in [5.41, 5.74) is 3.07. The molecule has 0 fully saturated rings. The zero-order valence-electron chi connectivity index (χ0n) is 17.5.